The normalized spacial score (nSPS) is 11.4. The van der Waals surface area contributed by atoms with Gasteiger partial charge in [0.25, 0.3) is 0 Å². The molecule has 0 fully saturated rings. The van der Waals surface area contributed by atoms with Gasteiger partial charge in [0.1, 0.15) is 17.4 Å². The number of nitrogens with one attached hydrogen (secondary N) is 1. The Morgan fingerprint density at radius 1 is 1.42 bits per heavy atom. The van der Waals surface area contributed by atoms with Crippen molar-refractivity contribution < 1.29 is 9.53 Å². The topological polar surface area (TPSA) is 114 Å². The highest BCUT2D eigenvalue weighted by Gasteiger charge is 2.14. The molecule has 3 N–H and O–H groups in total. The average Bonchev–Trinajstić information content (AvgIpc) is 3.01. The predicted molar refractivity (Wildman–Crippen MR) is 94.4 cm³/mol. The lowest BCUT2D eigenvalue weighted by Gasteiger charge is -2.03. The molecular formula is C15H15N5O2S2. The second-order valence-corrected chi connectivity index (χ2v) is 6.81. The summed E-state index contributed by atoms with van der Waals surface area (Å²) in [5.41, 5.74) is 6.58. The molecule has 24 heavy (non-hydrogen) atoms. The van der Waals surface area contributed by atoms with Crippen molar-refractivity contribution in [1.82, 2.24) is 10.2 Å². The van der Waals surface area contributed by atoms with Gasteiger partial charge in [0.05, 0.1) is 12.9 Å². The number of rotatable bonds is 7. The molecule has 2 rings (SSSR count). The van der Waals surface area contributed by atoms with E-state index in [9.17, 15) is 4.79 Å². The fourth-order valence-electron chi connectivity index (χ4n) is 1.69. The summed E-state index contributed by atoms with van der Waals surface area (Å²) in [6.07, 6.45) is 0. The molecule has 0 saturated carbocycles. The van der Waals surface area contributed by atoms with Crippen molar-refractivity contribution in [3.8, 4) is 11.8 Å². The van der Waals surface area contributed by atoms with E-state index in [4.69, 9.17) is 15.7 Å². The van der Waals surface area contributed by atoms with Crippen LogP contribution < -0.4 is 15.8 Å². The molecule has 1 aromatic carbocycles. The van der Waals surface area contributed by atoms with Crippen LogP contribution >= 0.6 is 23.1 Å². The quantitative estimate of drug-likeness (QED) is 0.439. The highest BCUT2D eigenvalue weighted by molar-refractivity contribution is 8.01. The minimum atomic E-state index is -0.317. The van der Waals surface area contributed by atoms with Crippen LogP contribution in [0.5, 0.6) is 5.75 Å². The Balaban J connectivity index is 1.94. The Hall–Kier alpha value is -2.57. The second-order valence-electron chi connectivity index (χ2n) is 4.61. The third-order valence-corrected chi connectivity index (χ3v) is 4.83. The van der Waals surface area contributed by atoms with Crippen LogP contribution in [0, 0.1) is 11.3 Å². The average molecular weight is 361 g/mol. The van der Waals surface area contributed by atoms with Gasteiger partial charge in [-0.2, -0.15) is 5.26 Å². The van der Waals surface area contributed by atoms with Crippen LogP contribution in [0.25, 0.3) is 0 Å². The number of nitrogens with two attached hydrogens (primary N) is 1. The van der Waals surface area contributed by atoms with Crippen molar-refractivity contribution in [2.45, 2.75) is 11.3 Å². The van der Waals surface area contributed by atoms with Crippen molar-refractivity contribution in [3.63, 3.8) is 0 Å². The van der Waals surface area contributed by atoms with E-state index < -0.39 is 0 Å². The Morgan fingerprint density at radius 2 is 2.12 bits per heavy atom. The number of nitriles is 1. The van der Waals surface area contributed by atoms with E-state index >= 15 is 0 Å². The van der Waals surface area contributed by atoms with E-state index in [1.165, 1.54) is 30.0 Å². The molecule has 0 unspecified atom stereocenters. The molecule has 2 aromatic rings. The fraction of sp³-hybridized carbons (Fsp3) is 0.200. The first kappa shape index (κ1) is 17.8. The largest absolute Gasteiger partial charge is 0.497 e. The Kier molecular flexibility index (Phi) is 6.17. The summed E-state index contributed by atoms with van der Waals surface area (Å²) in [7, 11) is 1.61. The molecule has 0 aliphatic rings. The number of ketones is 1. The molecule has 0 radical (unpaired) electrons. The molecule has 0 aliphatic heterocycles. The molecule has 1 aromatic heterocycles. The van der Waals surface area contributed by atoms with Crippen LogP contribution in [0.2, 0.25) is 0 Å². The standard InChI is InChI=1S/C15H15N5O2S2/c1-9(17)12(7-16)13(21)8-23-15-20-19-14(24-15)18-10-3-5-11(22-2)6-4-10/h3-6H,8,17H2,1-2H3,(H,18,19). The van der Waals surface area contributed by atoms with E-state index in [2.05, 4.69) is 15.5 Å². The van der Waals surface area contributed by atoms with Crippen molar-refractivity contribution in [2.24, 2.45) is 5.73 Å². The molecule has 0 bridgehead atoms. The molecule has 124 valence electrons. The zero-order valence-electron chi connectivity index (χ0n) is 13.1. The molecule has 0 saturated heterocycles. The number of carbonyl (C=O) groups is 1. The molecular weight excluding hydrogens is 346 g/mol. The van der Waals surface area contributed by atoms with Gasteiger partial charge in [0.2, 0.25) is 5.13 Å². The number of anilines is 2. The number of carbonyl (C=O) groups excluding carboxylic acids is 1. The fourth-order valence-corrected chi connectivity index (χ4v) is 3.33. The first-order chi connectivity index (χ1) is 11.5. The lowest BCUT2D eigenvalue weighted by molar-refractivity contribution is -0.112. The minimum Gasteiger partial charge on any atom is -0.497 e. The van der Waals surface area contributed by atoms with Crippen LogP contribution in [-0.2, 0) is 4.79 Å². The van der Waals surface area contributed by atoms with Crippen LogP contribution in [0.15, 0.2) is 39.9 Å². The van der Waals surface area contributed by atoms with Gasteiger partial charge in [-0.3, -0.25) is 4.79 Å². The number of Topliss-reactive ketones (excluding diaryl/α,β-unsaturated/α-hetero) is 1. The number of ether oxygens (including phenoxy) is 1. The number of benzene rings is 1. The number of hydrogen-bond donors (Lipinski definition) is 2. The van der Waals surface area contributed by atoms with Gasteiger partial charge < -0.3 is 15.8 Å². The Bertz CT molecular complexity index is 789. The number of thioether (sulfide) groups is 1. The zero-order chi connectivity index (χ0) is 17.5. The van der Waals surface area contributed by atoms with Crippen LogP contribution in [0.4, 0.5) is 10.8 Å². The van der Waals surface area contributed by atoms with E-state index in [1.807, 2.05) is 30.3 Å². The Morgan fingerprint density at radius 3 is 2.71 bits per heavy atom. The zero-order valence-corrected chi connectivity index (χ0v) is 14.7. The lowest BCUT2D eigenvalue weighted by Crippen LogP contribution is -2.10. The number of nitrogens with zero attached hydrogens (tertiary/aromatic N) is 3. The maximum absolute atomic E-state index is 11.9. The lowest BCUT2D eigenvalue weighted by atomic mass is 10.2. The van der Waals surface area contributed by atoms with Crippen LogP contribution in [-0.4, -0.2) is 28.8 Å². The number of allylic oxidation sites excluding steroid dienone is 2. The molecule has 7 nitrogen and oxygen atoms in total. The second kappa shape index (κ2) is 8.33. The maximum atomic E-state index is 11.9. The van der Waals surface area contributed by atoms with Gasteiger partial charge in [0.15, 0.2) is 10.1 Å². The van der Waals surface area contributed by atoms with Gasteiger partial charge in [-0.05, 0) is 31.2 Å². The maximum Gasteiger partial charge on any atom is 0.210 e. The number of methoxy groups -OCH3 is 1. The van der Waals surface area contributed by atoms with Gasteiger partial charge in [-0.1, -0.05) is 23.1 Å². The summed E-state index contributed by atoms with van der Waals surface area (Å²) in [6.45, 7) is 1.53. The van der Waals surface area contributed by atoms with Crippen molar-refractivity contribution in [1.29, 1.82) is 5.26 Å². The van der Waals surface area contributed by atoms with E-state index in [0.29, 0.717) is 9.47 Å². The third-order valence-electron chi connectivity index (χ3n) is 2.86. The Labute approximate surface area is 147 Å². The summed E-state index contributed by atoms with van der Waals surface area (Å²) in [6, 6.07) is 9.22. The number of aromatic nitrogens is 2. The minimum absolute atomic E-state index is 0.0106. The summed E-state index contributed by atoms with van der Waals surface area (Å²) in [4.78, 5) is 11.9. The summed E-state index contributed by atoms with van der Waals surface area (Å²) in [5.74, 6) is 0.542. The van der Waals surface area contributed by atoms with E-state index in [0.717, 1.165) is 11.4 Å². The molecule has 0 aliphatic carbocycles. The molecule has 0 atom stereocenters. The summed E-state index contributed by atoms with van der Waals surface area (Å²) >= 11 is 2.54. The smallest absolute Gasteiger partial charge is 0.210 e. The van der Waals surface area contributed by atoms with Gasteiger partial charge in [-0.15, -0.1) is 10.2 Å². The van der Waals surface area contributed by atoms with E-state index in [1.54, 1.807) is 7.11 Å². The summed E-state index contributed by atoms with van der Waals surface area (Å²) < 4.78 is 5.73. The van der Waals surface area contributed by atoms with Crippen LogP contribution in [0.1, 0.15) is 6.92 Å². The predicted octanol–water partition coefficient (Wildman–Crippen LogP) is 2.71. The molecule has 0 spiro atoms. The monoisotopic (exact) mass is 361 g/mol. The molecule has 0 amide bonds. The third kappa shape index (κ3) is 4.71. The summed E-state index contributed by atoms with van der Waals surface area (Å²) in [5, 5.41) is 20.7. The molecule has 1 heterocycles. The highest BCUT2D eigenvalue weighted by atomic mass is 32.2. The number of hydrogen-bond acceptors (Lipinski definition) is 9. The van der Waals surface area contributed by atoms with Crippen molar-refractivity contribution in [2.75, 3.05) is 18.2 Å². The first-order valence-corrected chi connectivity index (χ1v) is 8.60. The van der Waals surface area contributed by atoms with Crippen molar-refractivity contribution >= 4 is 39.7 Å². The van der Waals surface area contributed by atoms with Crippen molar-refractivity contribution in [3.05, 3.63) is 35.5 Å². The van der Waals surface area contributed by atoms with Crippen LogP contribution in [0.3, 0.4) is 0 Å². The van der Waals surface area contributed by atoms with Gasteiger partial charge in [0, 0.05) is 11.4 Å². The molecule has 9 heteroatoms. The van der Waals surface area contributed by atoms with Gasteiger partial charge in [-0.25, -0.2) is 0 Å². The SMILES string of the molecule is COc1ccc(Nc2nnc(SCC(=O)C(C#N)=C(C)N)s2)cc1. The first-order valence-electron chi connectivity index (χ1n) is 6.80. The van der Waals surface area contributed by atoms with Gasteiger partial charge >= 0.3 is 0 Å². The highest BCUT2D eigenvalue weighted by Crippen LogP contribution is 2.28. The van der Waals surface area contributed by atoms with E-state index in [-0.39, 0.29) is 22.8 Å².